The molecule has 2 aliphatic rings. The number of halogens is 4. The molecule has 18 heteroatoms. The predicted molar refractivity (Wildman–Crippen MR) is 125 cm³/mol. The number of hydrogen-bond donors (Lipinski definition) is 3. The van der Waals surface area contributed by atoms with Crippen LogP contribution in [-0.2, 0) is 25.2 Å². The van der Waals surface area contributed by atoms with E-state index in [-0.39, 0.29) is 44.6 Å². The van der Waals surface area contributed by atoms with Gasteiger partial charge in [-0.3, -0.25) is 10.0 Å². The fourth-order valence-electron chi connectivity index (χ4n) is 4.87. The normalized spacial score (nSPS) is 21.4. The minimum Gasteiger partial charge on any atom is -0.358 e. The molecule has 3 heterocycles. The lowest BCUT2D eigenvalue weighted by Crippen LogP contribution is -2.64. The molecule has 2 saturated heterocycles. The fourth-order valence-corrected chi connectivity index (χ4v) is 7.74. The van der Waals surface area contributed by atoms with Gasteiger partial charge in [0.15, 0.2) is 23.3 Å². The minimum absolute atomic E-state index is 0.109. The lowest BCUT2D eigenvalue weighted by molar-refractivity contribution is -0.134. The first-order valence-corrected chi connectivity index (χ1v) is 14.2. The number of piperazine rings is 1. The Labute approximate surface area is 216 Å². The topological polar surface area (TPSA) is 146 Å². The summed E-state index contributed by atoms with van der Waals surface area (Å²) in [5.41, 5.74) is 1.02. The van der Waals surface area contributed by atoms with Crippen molar-refractivity contribution < 1.29 is 44.4 Å². The monoisotopic (exact) mass is 586 g/mol. The van der Waals surface area contributed by atoms with Gasteiger partial charge in [-0.1, -0.05) is 0 Å². The van der Waals surface area contributed by atoms with E-state index in [1.807, 2.05) is 0 Å². The molecule has 1 amide bonds. The third-order valence-electron chi connectivity index (χ3n) is 6.94. The second-order valence-electron chi connectivity index (χ2n) is 9.18. The van der Waals surface area contributed by atoms with Gasteiger partial charge in [0.25, 0.3) is 26.3 Å². The number of benzene rings is 1. The molecule has 0 bridgehead atoms. The average molecular weight is 587 g/mol. The van der Waals surface area contributed by atoms with Crippen molar-refractivity contribution in [2.45, 2.75) is 24.8 Å². The number of fused-ring (bicyclic) bond motifs is 1. The van der Waals surface area contributed by atoms with Gasteiger partial charge in [-0.05, 0) is 24.3 Å². The number of aromatic amines is 1. The molecule has 0 radical (unpaired) electrons. The molecule has 1 atom stereocenters. The number of nitrogens with one attached hydrogen (secondary N) is 2. The third kappa shape index (κ3) is 4.67. The maximum absolute atomic E-state index is 14.5. The molecule has 2 fully saturated rings. The van der Waals surface area contributed by atoms with Crippen LogP contribution in [0.15, 0.2) is 6.20 Å². The number of carbonyl (C=O) groups excluding carboxylic acids is 1. The van der Waals surface area contributed by atoms with Gasteiger partial charge in [-0.25, -0.2) is 23.0 Å². The highest BCUT2D eigenvalue weighted by Crippen LogP contribution is 2.38. The number of hydrogen-bond acceptors (Lipinski definition) is 6. The van der Waals surface area contributed by atoms with E-state index in [2.05, 4.69) is 4.98 Å². The Bertz CT molecular complexity index is 1460. The number of hydroxylamine groups is 1. The number of nitrogens with zero attached hydrogens (tertiary/aromatic N) is 4. The van der Waals surface area contributed by atoms with E-state index in [4.69, 9.17) is 5.21 Å². The van der Waals surface area contributed by atoms with Crippen molar-refractivity contribution in [1.82, 2.24) is 27.7 Å². The lowest BCUT2D eigenvalue weighted by Gasteiger charge is -2.42. The van der Waals surface area contributed by atoms with Crippen molar-refractivity contribution in [3.63, 3.8) is 0 Å². The van der Waals surface area contributed by atoms with E-state index < -0.39 is 79.0 Å². The molecule has 1 aromatic heterocycles. The molecule has 212 valence electrons. The Morgan fingerprint density at radius 2 is 1.58 bits per heavy atom. The summed E-state index contributed by atoms with van der Waals surface area (Å²) < 4.78 is 112. The standard InChI is InChI=1S/C20H26F4N6O6S2/c1-27(2)37(33,34)29-7-8-30(13(10-29)20(31)26-32)38(35,36)28-5-3-11(4-6-28)12-9-25-19-14(12)15(21)16(22)17(23)18(19)24/h9,11,13,25,32H,3-8,10H2,1-2H3,(H,26,31)/t13-/m1/s1. The van der Waals surface area contributed by atoms with E-state index in [1.165, 1.54) is 25.8 Å². The maximum atomic E-state index is 14.5. The van der Waals surface area contributed by atoms with Crippen molar-refractivity contribution in [1.29, 1.82) is 0 Å². The molecule has 0 saturated carbocycles. The number of carbonyl (C=O) groups is 1. The molecule has 38 heavy (non-hydrogen) atoms. The smallest absolute Gasteiger partial charge is 0.282 e. The molecule has 2 aromatic rings. The zero-order chi connectivity index (χ0) is 28.2. The Hall–Kier alpha value is -2.35. The number of H-pyrrole nitrogens is 1. The van der Waals surface area contributed by atoms with Crippen LogP contribution < -0.4 is 5.48 Å². The summed E-state index contributed by atoms with van der Waals surface area (Å²) in [6, 6.07) is -1.56. The summed E-state index contributed by atoms with van der Waals surface area (Å²) >= 11 is 0. The zero-order valence-corrected chi connectivity index (χ0v) is 21.9. The Kier molecular flexibility index (Phi) is 7.78. The molecule has 0 unspecified atom stereocenters. The van der Waals surface area contributed by atoms with Gasteiger partial charge < -0.3 is 4.98 Å². The molecule has 1 aromatic carbocycles. The van der Waals surface area contributed by atoms with Gasteiger partial charge in [-0.2, -0.15) is 34.1 Å². The highest BCUT2D eigenvalue weighted by atomic mass is 32.2. The minimum atomic E-state index is -4.33. The van der Waals surface area contributed by atoms with E-state index in [9.17, 15) is 39.2 Å². The average Bonchev–Trinajstić information content (AvgIpc) is 3.35. The molecule has 3 N–H and O–H groups in total. The van der Waals surface area contributed by atoms with Crippen molar-refractivity contribution >= 4 is 37.2 Å². The molecular weight excluding hydrogens is 560 g/mol. The van der Waals surface area contributed by atoms with Crippen molar-refractivity contribution in [3.8, 4) is 0 Å². The van der Waals surface area contributed by atoms with Crippen molar-refractivity contribution in [2.75, 3.05) is 46.8 Å². The fraction of sp³-hybridized carbons (Fsp3) is 0.550. The second-order valence-corrected chi connectivity index (χ2v) is 13.2. The quantitative estimate of drug-likeness (QED) is 0.147. The summed E-state index contributed by atoms with van der Waals surface area (Å²) in [6.07, 6.45) is 1.45. The first-order chi connectivity index (χ1) is 17.7. The van der Waals surface area contributed by atoms with Crippen LogP contribution in [0, 0.1) is 23.3 Å². The van der Waals surface area contributed by atoms with Gasteiger partial charge in [-0.15, -0.1) is 0 Å². The lowest BCUT2D eigenvalue weighted by atomic mass is 9.90. The number of aromatic nitrogens is 1. The molecule has 4 rings (SSSR count). The Morgan fingerprint density at radius 3 is 2.16 bits per heavy atom. The van der Waals surface area contributed by atoms with Crippen LogP contribution in [0.25, 0.3) is 10.9 Å². The first-order valence-electron chi connectivity index (χ1n) is 11.4. The summed E-state index contributed by atoms with van der Waals surface area (Å²) in [4.78, 5) is 14.8. The molecule has 12 nitrogen and oxygen atoms in total. The van der Waals surface area contributed by atoms with Crippen molar-refractivity contribution in [3.05, 3.63) is 35.0 Å². The predicted octanol–water partition coefficient (Wildman–Crippen LogP) is 0.447. The SMILES string of the molecule is CN(C)S(=O)(=O)N1CCN(S(=O)(=O)N2CCC(c3c[nH]c4c(F)c(F)c(F)c(F)c34)CC2)[C@@H](C(=O)NO)C1. The van der Waals surface area contributed by atoms with Crippen LogP contribution in [0.3, 0.4) is 0 Å². The highest BCUT2D eigenvalue weighted by molar-refractivity contribution is 7.87. The highest BCUT2D eigenvalue weighted by Gasteiger charge is 2.46. The van der Waals surface area contributed by atoms with Gasteiger partial charge in [0.2, 0.25) is 0 Å². The van der Waals surface area contributed by atoms with Crippen molar-refractivity contribution in [2.24, 2.45) is 0 Å². The van der Waals surface area contributed by atoms with Crippen LogP contribution in [0.4, 0.5) is 17.6 Å². The number of rotatable bonds is 6. The molecular formula is C20H26F4N6O6S2. The van der Waals surface area contributed by atoms with Crippen LogP contribution in [0.2, 0.25) is 0 Å². The number of piperidine rings is 1. The van der Waals surface area contributed by atoms with Gasteiger partial charge in [0.1, 0.15) is 6.04 Å². The van der Waals surface area contributed by atoms with Crippen LogP contribution in [-0.4, -0.2) is 103 Å². The van der Waals surface area contributed by atoms with Gasteiger partial charge in [0.05, 0.1) is 5.52 Å². The van der Waals surface area contributed by atoms with Crippen LogP contribution >= 0.6 is 0 Å². The van der Waals surface area contributed by atoms with E-state index >= 15 is 0 Å². The first kappa shape index (κ1) is 28.7. The maximum Gasteiger partial charge on any atom is 0.282 e. The Balaban J connectivity index is 1.55. The van der Waals surface area contributed by atoms with E-state index in [0.29, 0.717) is 0 Å². The largest absolute Gasteiger partial charge is 0.358 e. The van der Waals surface area contributed by atoms with E-state index in [0.717, 1.165) is 17.2 Å². The van der Waals surface area contributed by atoms with E-state index in [1.54, 1.807) is 0 Å². The summed E-state index contributed by atoms with van der Waals surface area (Å²) in [6.45, 7) is -1.38. The zero-order valence-electron chi connectivity index (χ0n) is 20.3. The summed E-state index contributed by atoms with van der Waals surface area (Å²) in [7, 11) is -5.74. The molecule has 2 aliphatic heterocycles. The summed E-state index contributed by atoms with van der Waals surface area (Å²) in [5.74, 6) is -8.63. The van der Waals surface area contributed by atoms with Crippen LogP contribution in [0.1, 0.15) is 24.3 Å². The summed E-state index contributed by atoms with van der Waals surface area (Å²) in [5, 5.41) is 8.72. The molecule has 0 spiro atoms. The van der Waals surface area contributed by atoms with Gasteiger partial charge in [0, 0.05) is 58.4 Å². The Morgan fingerprint density at radius 1 is 0.974 bits per heavy atom. The third-order valence-corrected chi connectivity index (χ3v) is 10.9. The molecule has 0 aliphatic carbocycles. The number of amides is 1. The van der Waals surface area contributed by atoms with Crippen LogP contribution in [0.5, 0.6) is 0 Å². The second kappa shape index (κ2) is 10.3. The van der Waals surface area contributed by atoms with Gasteiger partial charge >= 0.3 is 0 Å².